The Labute approximate surface area is 113 Å². The van der Waals surface area contributed by atoms with Crippen molar-refractivity contribution in [2.24, 2.45) is 0 Å². The second kappa shape index (κ2) is 5.40. The zero-order chi connectivity index (χ0) is 13.9. The van der Waals surface area contributed by atoms with Crippen LogP contribution in [-0.2, 0) is 6.54 Å². The van der Waals surface area contributed by atoms with Gasteiger partial charge in [-0.25, -0.2) is 0 Å². The molecule has 0 aliphatic heterocycles. The van der Waals surface area contributed by atoms with E-state index < -0.39 is 0 Å². The number of hydrogen-bond acceptors (Lipinski definition) is 4. The monoisotopic (exact) mass is 260 g/mol. The second-order valence-corrected chi connectivity index (χ2v) is 5.43. The Kier molecular flexibility index (Phi) is 3.85. The molecule has 0 bridgehead atoms. The molecule has 2 aromatic rings. The molecule has 0 unspecified atom stereocenters. The van der Waals surface area contributed by atoms with Crippen LogP contribution in [0.25, 0.3) is 5.69 Å². The standard InChI is InChI=1S/C14H20N4O/c1-14(2,3)15-9-11-10-16-18(17-11)12-6-5-7-13(8-12)19-4/h5-8,10,15H,9H2,1-4H3. The van der Waals surface area contributed by atoms with Crippen molar-refractivity contribution in [1.29, 1.82) is 0 Å². The van der Waals surface area contributed by atoms with Gasteiger partial charge in [-0.1, -0.05) is 6.07 Å². The third kappa shape index (κ3) is 3.79. The zero-order valence-electron chi connectivity index (χ0n) is 11.8. The lowest BCUT2D eigenvalue weighted by Gasteiger charge is -2.19. The molecule has 1 aromatic carbocycles. The fraction of sp³-hybridized carbons (Fsp3) is 0.429. The molecule has 0 aliphatic carbocycles. The van der Waals surface area contributed by atoms with E-state index in [2.05, 4.69) is 36.3 Å². The summed E-state index contributed by atoms with van der Waals surface area (Å²) in [6.07, 6.45) is 1.78. The largest absolute Gasteiger partial charge is 0.497 e. The van der Waals surface area contributed by atoms with Crippen molar-refractivity contribution in [3.8, 4) is 11.4 Å². The van der Waals surface area contributed by atoms with Gasteiger partial charge in [0.15, 0.2) is 0 Å². The summed E-state index contributed by atoms with van der Waals surface area (Å²) in [6, 6.07) is 7.67. The third-order valence-electron chi connectivity index (χ3n) is 2.62. The van der Waals surface area contributed by atoms with Crippen LogP contribution in [0.2, 0.25) is 0 Å². The molecule has 5 nitrogen and oxygen atoms in total. The smallest absolute Gasteiger partial charge is 0.121 e. The number of hydrogen-bond donors (Lipinski definition) is 1. The third-order valence-corrected chi connectivity index (χ3v) is 2.62. The first kappa shape index (κ1) is 13.5. The summed E-state index contributed by atoms with van der Waals surface area (Å²) < 4.78 is 5.19. The van der Waals surface area contributed by atoms with Crippen molar-refractivity contribution in [2.75, 3.05) is 7.11 Å². The van der Waals surface area contributed by atoms with Gasteiger partial charge in [-0.05, 0) is 32.9 Å². The zero-order valence-corrected chi connectivity index (χ0v) is 11.8. The molecule has 102 valence electrons. The summed E-state index contributed by atoms with van der Waals surface area (Å²) in [4.78, 5) is 1.61. The van der Waals surface area contributed by atoms with E-state index in [1.165, 1.54) is 0 Å². The van der Waals surface area contributed by atoms with Gasteiger partial charge in [-0.2, -0.15) is 15.0 Å². The Hall–Kier alpha value is -1.88. The molecule has 5 heteroatoms. The molecule has 1 heterocycles. The van der Waals surface area contributed by atoms with Crippen LogP contribution in [0.1, 0.15) is 26.5 Å². The van der Waals surface area contributed by atoms with E-state index in [-0.39, 0.29) is 5.54 Å². The summed E-state index contributed by atoms with van der Waals surface area (Å²) in [5.41, 5.74) is 1.87. The molecule has 0 amide bonds. The fourth-order valence-corrected chi connectivity index (χ4v) is 1.59. The van der Waals surface area contributed by atoms with Crippen LogP contribution in [0.3, 0.4) is 0 Å². The molecule has 19 heavy (non-hydrogen) atoms. The van der Waals surface area contributed by atoms with Crippen LogP contribution in [0.4, 0.5) is 0 Å². The first-order chi connectivity index (χ1) is 8.98. The Balaban J connectivity index is 2.12. The van der Waals surface area contributed by atoms with Gasteiger partial charge in [-0.3, -0.25) is 0 Å². The van der Waals surface area contributed by atoms with E-state index in [4.69, 9.17) is 4.74 Å². The molecule has 1 N–H and O–H groups in total. The van der Waals surface area contributed by atoms with Gasteiger partial charge >= 0.3 is 0 Å². The Morgan fingerprint density at radius 2 is 2.11 bits per heavy atom. The van der Waals surface area contributed by atoms with E-state index >= 15 is 0 Å². The van der Waals surface area contributed by atoms with Crippen molar-refractivity contribution in [3.05, 3.63) is 36.2 Å². The summed E-state index contributed by atoms with van der Waals surface area (Å²) in [5.74, 6) is 0.796. The lowest BCUT2D eigenvalue weighted by Crippen LogP contribution is -2.35. The Morgan fingerprint density at radius 3 is 2.79 bits per heavy atom. The number of nitrogens with zero attached hydrogens (tertiary/aromatic N) is 3. The SMILES string of the molecule is COc1cccc(-n2ncc(CNC(C)(C)C)n2)c1. The van der Waals surface area contributed by atoms with Crippen molar-refractivity contribution < 1.29 is 4.74 Å². The van der Waals surface area contributed by atoms with Crippen LogP contribution >= 0.6 is 0 Å². The minimum Gasteiger partial charge on any atom is -0.497 e. The number of ether oxygens (including phenoxy) is 1. The van der Waals surface area contributed by atoms with Gasteiger partial charge in [0.25, 0.3) is 0 Å². The van der Waals surface area contributed by atoms with Crippen LogP contribution in [0.15, 0.2) is 30.5 Å². The molecule has 0 atom stereocenters. The lowest BCUT2D eigenvalue weighted by atomic mass is 10.1. The van der Waals surface area contributed by atoms with Crippen LogP contribution < -0.4 is 10.1 Å². The fourth-order valence-electron chi connectivity index (χ4n) is 1.59. The number of aromatic nitrogens is 3. The van der Waals surface area contributed by atoms with Crippen LogP contribution in [-0.4, -0.2) is 27.6 Å². The number of rotatable bonds is 4. The van der Waals surface area contributed by atoms with E-state index in [0.717, 1.165) is 17.1 Å². The van der Waals surface area contributed by atoms with Gasteiger partial charge in [0, 0.05) is 18.2 Å². The first-order valence-corrected chi connectivity index (χ1v) is 6.28. The molecule has 0 fully saturated rings. The predicted molar refractivity (Wildman–Crippen MR) is 74.5 cm³/mol. The quantitative estimate of drug-likeness (QED) is 0.915. The highest BCUT2D eigenvalue weighted by Crippen LogP contribution is 2.15. The molecular formula is C14H20N4O. The van der Waals surface area contributed by atoms with E-state index in [1.54, 1.807) is 18.1 Å². The summed E-state index contributed by atoms with van der Waals surface area (Å²) in [5, 5.41) is 12.1. The van der Waals surface area contributed by atoms with E-state index in [9.17, 15) is 0 Å². The first-order valence-electron chi connectivity index (χ1n) is 6.28. The van der Waals surface area contributed by atoms with Crippen LogP contribution in [0, 0.1) is 0 Å². The van der Waals surface area contributed by atoms with E-state index in [0.29, 0.717) is 6.54 Å². The van der Waals surface area contributed by atoms with Gasteiger partial charge in [0.05, 0.1) is 24.7 Å². The number of methoxy groups -OCH3 is 1. The lowest BCUT2D eigenvalue weighted by molar-refractivity contribution is 0.414. The highest BCUT2D eigenvalue weighted by molar-refractivity contribution is 5.37. The Morgan fingerprint density at radius 1 is 1.32 bits per heavy atom. The molecular weight excluding hydrogens is 240 g/mol. The van der Waals surface area contributed by atoms with Crippen molar-refractivity contribution in [3.63, 3.8) is 0 Å². The van der Waals surface area contributed by atoms with E-state index in [1.807, 2.05) is 24.3 Å². The molecule has 0 spiro atoms. The normalized spacial score (nSPS) is 11.6. The molecule has 2 rings (SSSR count). The Bertz CT molecular complexity index is 542. The van der Waals surface area contributed by atoms with Gasteiger partial charge in [0.2, 0.25) is 0 Å². The topological polar surface area (TPSA) is 52.0 Å². The number of nitrogens with one attached hydrogen (secondary N) is 1. The summed E-state index contributed by atoms with van der Waals surface area (Å²) in [6.45, 7) is 7.08. The molecule has 1 aromatic heterocycles. The van der Waals surface area contributed by atoms with Crippen molar-refractivity contribution in [2.45, 2.75) is 32.9 Å². The minimum absolute atomic E-state index is 0.0692. The average molecular weight is 260 g/mol. The maximum absolute atomic E-state index is 5.19. The molecule has 0 aliphatic rings. The van der Waals surface area contributed by atoms with Gasteiger partial charge in [0.1, 0.15) is 5.75 Å². The van der Waals surface area contributed by atoms with Crippen molar-refractivity contribution >= 4 is 0 Å². The minimum atomic E-state index is 0.0692. The number of benzene rings is 1. The molecule has 0 saturated carbocycles. The summed E-state index contributed by atoms with van der Waals surface area (Å²) in [7, 11) is 1.65. The highest BCUT2D eigenvalue weighted by Gasteiger charge is 2.10. The molecule has 0 radical (unpaired) electrons. The molecule has 0 saturated heterocycles. The highest BCUT2D eigenvalue weighted by atomic mass is 16.5. The maximum atomic E-state index is 5.19. The maximum Gasteiger partial charge on any atom is 0.121 e. The van der Waals surface area contributed by atoms with Gasteiger partial charge in [-0.15, -0.1) is 0 Å². The van der Waals surface area contributed by atoms with Crippen molar-refractivity contribution in [1.82, 2.24) is 20.3 Å². The van der Waals surface area contributed by atoms with Gasteiger partial charge < -0.3 is 10.1 Å². The average Bonchev–Trinajstić information content (AvgIpc) is 2.84. The predicted octanol–water partition coefficient (Wildman–Crippen LogP) is 2.16. The summed E-state index contributed by atoms with van der Waals surface area (Å²) >= 11 is 0. The second-order valence-electron chi connectivity index (χ2n) is 5.43. The van der Waals surface area contributed by atoms with Crippen LogP contribution in [0.5, 0.6) is 5.75 Å².